The van der Waals surface area contributed by atoms with Crippen LogP contribution in [0.25, 0.3) is 0 Å². The lowest BCUT2D eigenvalue weighted by atomic mass is 10.0. The van der Waals surface area contributed by atoms with Gasteiger partial charge in [0.2, 0.25) is 10.0 Å². The molecule has 1 fully saturated rings. The highest BCUT2D eigenvalue weighted by Gasteiger charge is 2.27. The first-order valence-electron chi connectivity index (χ1n) is 8.49. The van der Waals surface area contributed by atoms with Crippen molar-refractivity contribution in [2.75, 3.05) is 13.1 Å². The predicted molar refractivity (Wildman–Crippen MR) is 96.8 cm³/mol. The van der Waals surface area contributed by atoms with Gasteiger partial charge in [0.25, 0.3) is 5.91 Å². The molecule has 7 heteroatoms. The molecule has 0 bridgehead atoms. The molecule has 1 N–H and O–H groups in total. The smallest absolute Gasteiger partial charge is 0.253 e. The normalized spacial score (nSPS) is 15.8. The quantitative estimate of drug-likeness (QED) is 0.892. The van der Waals surface area contributed by atoms with E-state index in [9.17, 15) is 17.6 Å². The lowest BCUT2D eigenvalue weighted by Gasteiger charge is -2.32. The van der Waals surface area contributed by atoms with Crippen molar-refractivity contribution < 1.29 is 17.6 Å². The fourth-order valence-corrected chi connectivity index (χ4v) is 4.29. The van der Waals surface area contributed by atoms with Gasteiger partial charge in [0.15, 0.2) is 0 Å². The van der Waals surface area contributed by atoms with Gasteiger partial charge in [-0.25, -0.2) is 17.5 Å². The summed E-state index contributed by atoms with van der Waals surface area (Å²) in [5.41, 5.74) is 1.43. The van der Waals surface area contributed by atoms with Crippen molar-refractivity contribution >= 4 is 15.9 Å². The molecule has 1 aliphatic heterocycles. The Labute approximate surface area is 152 Å². The van der Waals surface area contributed by atoms with Crippen LogP contribution >= 0.6 is 0 Å². The van der Waals surface area contributed by atoms with E-state index in [4.69, 9.17) is 0 Å². The first kappa shape index (κ1) is 18.5. The van der Waals surface area contributed by atoms with Gasteiger partial charge < -0.3 is 4.90 Å². The first-order valence-corrected chi connectivity index (χ1v) is 9.97. The zero-order valence-corrected chi connectivity index (χ0v) is 15.3. The number of nitrogens with one attached hydrogen (secondary N) is 1. The summed E-state index contributed by atoms with van der Waals surface area (Å²) in [6.45, 7) is 2.81. The third-order valence-corrected chi connectivity index (χ3v) is 6.06. The van der Waals surface area contributed by atoms with E-state index in [1.54, 1.807) is 29.2 Å². The second-order valence-corrected chi connectivity index (χ2v) is 8.22. The number of amides is 1. The first-order chi connectivity index (χ1) is 12.3. The van der Waals surface area contributed by atoms with Gasteiger partial charge in [-0.05, 0) is 56.2 Å². The Bertz CT molecular complexity index is 872. The molecule has 1 aliphatic rings. The highest BCUT2D eigenvalue weighted by molar-refractivity contribution is 7.89. The topological polar surface area (TPSA) is 66.5 Å². The van der Waals surface area contributed by atoms with E-state index in [-0.39, 0.29) is 22.7 Å². The van der Waals surface area contributed by atoms with Crippen LogP contribution in [0, 0.1) is 12.7 Å². The number of benzene rings is 2. The van der Waals surface area contributed by atoms with E-state index in [2.05, 4.69) is 4.72 Å². The monoisotopic (exact) mass is 376 g/mol. The average molecular weight is 376 g/mol. The van der Waals surface area contributed by atoms with Gasteiger partial charge in [0, 0.05) is 24.7 Å². The Morgan fingerprint density at radius 2 is 1.62 bits per heavy atom. The molecular weight excluding hydrogens is 355 g/mol. The van der Waals surface area contributed by atoms with Crippen molar-refractivity contribution in [2.24, 2.45) is 0 Å². The zero-order valence-electron chi connectivity index (χ0n) is 14.5. The number of hydrogen-bond acceptors (Lipinski definition) is 3. The molecule has 5 nitrogen and oxygen atoms in total. The average Bonchev–Trinajstić information content (AvgIpc) is 2.62. The van der Waals surface area contributed by atoms with Gasteiger partial charge in [-0.3, -0.25) is 4.79 Å². The zero-order chi connectivity index (χ0) is 18.7. The minimum atomic E-state index is -3.57. The minimum Gasteiger partial charge on any atom is -0.339 e. The van der Waals surface area contributed by atoms with E-state index >= 15 is 0 Å². The van der Waals surface area contributed by atoms with Crippen LogP contribution in [0.2, 0.25) is 0 Å². The summed E-state index contributed by atoms with van der Waals surface area (Å²) >= 11 is 0. The number of nitrogens with zero attached hydrogens (tertiary/aromatic N) is 1. The van der Waals surface area contributed by atoms with Crippen molar-refractivity contribution in [1.82, 2.24) is 9.62 Å². The number of carbonyl (C=O) groups excluding carboxylic acids is 1. The number of sulfonamides is 1. The Hall–Kier alpha value is -2.25. The van der Waals surface area contributed by atoms with Crippen molar-refractivity contribution in [3.63, 3.8) is 0 Å². The Kier molecular flexibility index (Phi) is 5.38. The molecule has 0 radical (unpaired) electrons. The molecule has 0 unspecified atom stereocenters. The third-order valence-electron chi connectivity index (χ3n) is 4.53. The molecule has 138 valence electrons. The predicted octanol–water partition coefficient (Wildman–Crippen LogP) is 2.72. The van der Waals surface area contributed by atoms with Crippen molar-refractivity contribution in [2.45, 2.75) is 30.7 Å². The van der Waals surface area contributed by atoms with Crippen LogP contribution in [0.5, 0.6) is 0 Å². The largest absolute Gasteiger partial charge is 0.339 e. The molecule has 1 amide bonds. The summed E-state index contributed by atoms with van der Waals surface area (Å²) in [4.78, 5) is 14.3. The molecule has 0 atom stereocenters. The summed E-state index contributed by atoms with van der Waals surface area (Å²) in [6, 6.07) is 11.9. The summed E-state index contributed by atoms with van der Waals surface area (Å²) < 4.78 is 40.6. The maximum Gasteiger partial charge on any atom is 0.253 e. The van der Waals surface area contributed by atoms with Crippen LogP contribution in [-0.4, -0.2) is 38.4 Å². The summed E-state index contributed by atoms with van der Waals surface area (Å²) in [7, 11) is -3.57. The fraction of sp³-hybridized carbons (Fsp3) is 0.316. The highest BCUT2D eigenvalue weighted by atomic mass is 32.2. The minimum absolute atomic E-state index is 0.162. The molecule has 2 aromatic carbocycles. The van der Waals surface area contributed by atoms with E-state index in [0.29, 0.717) is 31.5 Å². The number of piperidine rings is 1. The van der Waals surface area contributed by atoms with E-state index in [0.717, 1.165) is 5.56 Å². The second kappa shape index (κ2) is 7.55. The summed E-state index contributed by atoms with van der Waals surface area (Å²) in [5.74, 6) is -0.546. The SMILES string of the molecule is Cc1ccc(S(=O)(=O)NC2CCN(C(=O)c3ccc(F)cc3)CC2)cc1. The summed E-state index contributed by atoms with van der Waals surface area (Å²) in [5, 5.41) is 0. The van der Waals surface area contributed by atoms with Gasteiger partial charge in [-0.2, -0.15) is 0 Å². The molecule has 0 saturated carbocycles. The molecule has 1 heterocycles. The molecule has 0 aromatic heterocycles. The standard InChI is InChI=1S/C19H21FN2O3S/c1-14-2-8-18(9-3-14)26(24,25)21-17-10-12-22(13-11-17)19(23)15-4-6-16(20)7-5-15/h2-9,17,21H,10-13H2,1H3. The van der Waals surface area contributed by atoms with Gasteiger partial charge in [-0.15, -0.1) is 0 Å². The van der Waals surface area contributed by atoms with Gasteiger partial charge in [0.1, 0.15) is 5.82 Å². The molecule has 26 heavy (non-hydrogen) atoms. The van der Waals surface area contributed by atoms with E-state index in [1.165, 1.54) is 24.3 Å². The number of aryl methyl sites for hydroxylation is 1. The molecule has 3 rings (SSSR count). The van der Waals surface area contributed by atoms with Crippen molar-refractivity contribution in [1.29, 1.82) is 0 Å². The highest BCUT2D eigenvalue weighted by Crippen LogP contribution is 2.17. The second-order valence-electron chi connectivity index (χ2n) is 6.51. The Morgan fingerprint density at radius 1 is 1.04 bits per heavy atom. The number of halogens is 1. The molecule has 2 aromatic rings. The van der Waals surface area contributed by atoms with Crippen LogP contribution in [0.4, 0.5) is 4.39 Å². The third kappa shape index (κ3) is 4.28. The van der Waals surface area contributed by atoms with Crippen LogP contribution in [0.3, 0.4) is 0 Å². The van der Waals surface area contributed by atoms with Crippen LogP contribution in [0.15, 0.2) is 53.4 Å². The molecule has 1 saturated heterocycles. The van der Waals surface area contributed by atoms with Crippen molar-refractivity contribution in [3.8, 4) is 0 Å². The van der Waals surface area contributed by atoms with Crippen molar-refractivity contribution in [3.05, 3.63) is 65.5 Å². The van der Waals surface area contributed by atoms with Crippen LogP contribution in [-0.2, 0) is 10.0 Å². The number of hydrogen-bond donors (Lipinski definition) is 1. The number of carbonyl (C=O) groups is 1. The molecular formula is C19H21FN2O3S. The Morgan fingerprint density at radius 3 is 2.19 bits per heavy atom. The lowest BCUT2D eigenvalue weighted by molar-refractivity contribution is 0.0711. The number of rotatable bonds is 4. The molecule has 0 aliphatic carbocycles. The molecule has 0 spiro atoms. The maximum atomic E-state index is 13.0. The van der Waals surface area contributed by atoms with E-state index < -0.39 is 10.0 Å². The van der Waals surface area contributed by atoms with Gasteiger partial charge >= 0.3 is 0 Å². The fourth-order valence-electron chi connectivity index (χ4n) is 2.98. The van der Waals surface area contributed by atoms with Gasteiger partial charge in [0.05, 0.1) is 4.90 Å². The van der Waals surface area contributed by atoms with Gasteiger partial charge in [-0.1, -0.05) is 17.7 Å². The lowest BCUT2D eigenvalue weighted by Crippen LogP contribution is -2.46. The van der Waals surface area contributed by atoms with E-state index in [1.807, 2.05) is 6.92 Å². The summed E-state index contributed by atoms with van der Waals surface area (Å²) in [6.07, 6.45) is 1.08. The number of likely N-dealkylation sites (tertiary alicyclic amines) is 1. The van der Waals surface area contributed by atoms with Crippen LogP contribution in [0.1, 0.15) is 28.8 Å². The van der Waals surface area contributed by atoms with Crippen LogP contribution < -0.4 is 4.72 Å². The Balaban J connectivity index is 1.59. The maximum absolute atomic E-state index is 13.0.